The number of esters is 1. The van der Waals surface area contributed by atoms with Gasteiger partial charge in [0.1, 0.15) is 17.6 Å². The minimum absolute atomic E-state index is 0.0804. The summed E-state index contributed by atoms with van der Waals surface area (Å²) >= 11 is 0. The van der Waals surface area contributed by atoms with E-state index < -0.39 is 12.0 Å². The van der Waals surface area contributed by atoms with Gasteiger partial charge < -0.3 is 15.0 Å². The van der Waals surface area contributed by atoms with Gasteiger partial charge in [0.25, 0.3) is 0 Å². The van der Waals surface area contributed by atoms with Gasteiger partial charge in [0.05, 0.1) is 12.3 Å². The number of nitrogens with zero attached hydrogens (tertiary/aromatic N) is 4. The number of anilines is 2. The molecule has 1 aromatic carbocycles. The molecule has 9 heteroatoms. The van der Waals surface area contributed by atoms with Crippen molar-refractivity contribution in [3.05, 3.63) is 54.2 Å². The lowest BCUT2D eigenvalue weighted by molar-refractivity contribution is -0.135. The van der Waals surface area contributed by atoms with Gasteiger partial charge in [-0.3, -0.25) is 14.6 Å². The molecule has 9 nitrogen and oxygen atoms in total. The predicted molar refractivity (Wildman–Crippen MR) is 128 cm³/mol. The third kappa shape index (κ3) is 5.24. The number of hydrogen-bond acceptors (Lipinski definition) is 7. The van der Waals surface area contributed by atoms with Crippen molar-refractivity contribution in [2.75, 3.05) is 30.0 Å². The Morgan fingerprint density at radius 1 is 1.09 bits per heavy atom. The van der Waals surface area contributed by atoms with Crippen LogP contribution in [0, 0.1) is 12.8 Å². The van der Waals surface area contributed by atoms with E-state index in [2.05, 4.69) is 15.4 Å². The third-order valence-electron chi connectivity index (χ3n) is 6.07. The summed E-state index contributed by atoms with van der Waals surface area (Å²) in [6, 6.07) is 12.4. The normalized spacial score (nSPS) is 18.4. The van der Waals surface area contributed by atoms with Crippen LogP contribution in [0.25, 0.3) is 0 Å². The summed E-state index contributed by atoms with van der Waals surface area (Å²) in [6.07, 6.45) is 3.02. The molecule has 2 amide bonds. The van der Waals surface area contributed by atoms with E-state index in [1.807, 2.05) is 43.3 Å². The Balaban J connectivity index is 1.39. The Bertz CT molecular complexity index is 1060. The van der Waals surface area contributed by atoms with Crippen molar-refractivity contribution in [2.24, 2.45) is 11.0 Å². The molecule has 0 aliphatic carbocycles. The average Bonchev–Trinajstić information content (AvgIpc) is 3.31. The van der Waals surface area contributed by atoms with E-state index >= 15 is 0 Å². The van der Waals surface area contributed by atoms with Crippen LogP contribution in [0.5, 0.6) is 0 Å². The fourth-order valence-electron chi connectivity index (χ4n) is 4.20. The van der Waals surface area contributed by atoms with Crippen LogP contribution >= 0.6 is 0 Å². The summed E-state index contributed by atoms with van der Waals surface area (Å²) in [5.41, 5.74) is 2.00. The first-order valence-electron chi connectivity index (χ1n) is 11.6. The molecule has 3 heterocycles. The summed E-state index contributed by atoms with van der Waals surface area (Å²) < 4.78 is 5.11. The minimum Gasteiger partial charge on any atom is -0.461 e. The Morgan fingerprint density at radius 2 is 1.82 bits per heavy atom. The fraction of sp³-hybridized carbons (Fsp3) is 0.400. The van der Waals surface area contributed by atoms with Crippen molar-refractivity contribution in [3.63, 3.8) is 0 Å². The van der Waals surface area contributed by atoms with Gasteiger partial charge in [-0.05, 0) is 50.5 Å². The van der Waals surface area contributed by atoms with Gasteiger partial charge in [-0.1, -0.05) is 24.3 Å². The maximum atomic E-state index is 13.5. The molecule has 34 heavy (non-hydrogen) atoms. The molecule has 0 saturated carbocycles. The second kappa shape index (κ2) is 10.5. The number of likely N-dealkylation sites (tertiary alicyclic amines) is 1. The molecule has 0 radical (unpaired) electrons. The maximum Gasteiger partial charge on any atom is 0.354 e. The summed E-state index contributed by atoms with van der Waals surface area (Å²) in [5, 5.41) is 8.90. The lowest BCUT2D eigenvalue weighted by Gasteiger charge is -2.34. The number of nitrogens with one attached hydrogen (secondary N) is 1. The van der Waals surface area contributed by atoms with Gasteiger partial charge in [-0.2, -0.15) is 5.10 Å². The number of carbonyl (C=O) groups is 3. The van der Waals surface area contributed by atoms with Crippen LogP contribution in [-0.4, -0.2) is 59.1 Å². The number of hydrazone groups is 1. The molecule has 2 aliphatic heterocycles. The van der Waals surface area contributed by atoms with Crippen molar-refractivity contribution in [2.45, 2.75) is 39.2 Å². The van der Waals surface area contributed by atoms with Crippen molar-refractivity contribution in [3.8, 4) is 0 Å². The molecule has 2 aliphatic rings. The SMILES string of the molecule is CCOC(=O)C1=NN(c2ccccc2)C(C(=O)N2CCC(C(=O)Nc3ccc(C)cn3)CC2)C1. The molecule has 2 aromatic rings. The van der Waals surface area contributed by atoms with Crippen LogP contribution < -0.4 is 10.3 Å². The monoisotopic (exact) mass is 463 g/mol. The first-order valence-corrected chi connectivity index (χ1v) is 11.6. The van der Waals surface area contributed by atoms with E-state index in [0.29, 0.717) is 31.7 Å². The topological polar surface area (TPSA) is 104 Å². The van der Waals surface area contributed by atoms with Crippen molar-refractivity contribution >= 4 is 35.0 Å². The molecule has 1 saturated heterocycles. The molecule has 1 atom stereocenters. The number of aromatic nitrogens is 1. The third-order valence-corrected chi connectivity index (χ3v) is 6.07. The van der Waals surface area contributed by atoms with Gasteiger partial charge in [-0.15, -0.1) is 0 Å². The maximum absolute atomic E-state index is 13.5. The molecular formula is C25H29N5O4. The van der Waals surface area contributed by atoms with E-state index in [4.69, 9.17) is 4.74 Å². The number of carbonyl (C=O) groups excluding carboxylic acids is 3. The van der Waals surface area contributed by atoms with Crippen LogP contribution in [-0.2, 0) is 19.1 Å². The molecule has 0 bridgehead atoms. The molecule has 1 unspecified atom stereocenters. The van der Waals surface area contributed by atoms with Crippen LogP contribution in [0.3, 0.4) is 0 Å². The number of para-hydroxylation sites is 1. The zero-order valence-electron chi connectivity index (χ0n) is 19.4. The minimum atomic E-state index is -0.621. The predicted octanol–water partition coefficient (Wildman–Crippen LogP) is 2.77. The zero-order chi connectivity index (χ0) is 24.1. The second-order valence-electron chi connectivity index (χ2n) is 8.48. The molecular weight excluding hydrogens is 434 g/mol. The number of ether oxygens (including phenoxy) is 1. The number of benzene rings is 1. The average molecular weight is 464 g/mol. The molecule has 1 N–H and O–H groups in total. The summed E-state index contributed by atoms with van der Waals surface area (Å²) in [5.74, 6) is -0.345. The van der Waals surface area contributed by atoms with Crippen molar-refractivity contribution in [1.29, 1.82) is 0 Å². The Hall–Kier alpha value is -3.75. The van der Waals surface area contributed by atoms with E-state index in [0.717, 1.165) is 11.3 Å². The second-order valence-corrected chi connectivity index (χ2v) is 8.48. The van der Waals surface area contributed by atoms with Gasteiger partial charge in [0, 0.05) is 31.6 Å². The highest BCUT2D eigenvalue weighted by Gasteiger charge is 2.40. The van der Waals surface area contributed by atoms with Crippen molar-refractivity contribution in [1.82, 2.24) is 9.88 Å². The first-order chi connectivity index (χ1) is 16.5. The smallest absolute Gasteiger partial charge is 0.354 e. The van der Waals surface area contributed by atoms with Gasteiger partial charge >= 0.3 is 5.97 Å². The van der Waals surface area contributed by atoms with E-state index in [-0.39, 0.29) is 36.5 Å². The molecule has 4 rings (SSSR count). The van der Waals surface area contributed by atoms with E-state index in [9.17, 15) is 14.4 Å². The molecule has 178 valence electrons. The number of piperidine rings is 1. The number of amides is 2. The van der Waals surface area contributed by atoms with Crippen molar-refractivity contribution < 1.29 is 19.1 Å². The Kier molecular flexibility index (Phi) is 7.20. The summed E-state index contributed by atoms with van der Waals surface area (Å²) in [6.45, 7) is 4.85. The highest BCUT2D eigenvalue weighted by Crippen LogP contribution is 2.28. The summed E-state index contributed by atoms with van der Waals surface area (Å²) in [7, 11) is 0. The van der Waals surface area contributed by atoms with E-state index in [1.165, 1.54) is 0 Å². The van der Waals surface area contributed by atoms with E-state index in [1.54, 1.807) is 29.1 Å². The Labute approximate surface area is 198 Å². The molecule has 0 spiro atoms. The lowest BCUT2D eigenvalue weighted by Crippen LogP contribution is -2.49. The van der Waals surface area contributed by atoms with Crippen LogP contribution in [0.2, 0.25) is 0 Å². The zero-order valence-corrected chi connectivity index (χ0v) is 19.4. The number of aryl methyl sites for hydroxylation is 1. The highest BCUT2D eigenvalue weighted by atomic mass is 16.5. The standard InChI is InChI=1S/C25H29N5O4/c1-3-34-25(33)20-15-21(30(28-20)19-7-5-4-6-8-19)24(32)29-13-11-18(12-14-29)23(31)27-22-10-9-17(2)16-26-22/h4-10,16,18,21H,3,11-15H2,1-2H3,(H,26,27,31). The molecule has 1 fully saturated rings. The quantitative estimate of drug-likeness (QED) is 0.661. The van der Waals surface area contributed by atoms with Gasteiger partial charge in [0.2, 0.25) is 11.8 Å². The highest BCUT2D eigenvalue weighted by molar-refractivity contribution is 6.38. The number of pyridine rings is 1. The summed E-state index contributed by atoms with van der Waals surface area (Å²) in [4.78, 5) is 44.4. The lowest BCUT2D eigenvalue weighted by atomic mass is 9.95. The fourth-order valence-corrected chi connectivity index (χ4v) is 4.20. The van der Waals surface area contributed by atoms with Crippen LogP contribution in [0.4, 0.5) is 11.5 Å². The Morgan fingerprint density at radius 3 is 2.47 bits per heavy atom. The first kappa shape index (κ1) is 23.4. The number of rotatable bonds is 6. The van der Waals surface area contributed by atoms with Gasteiger partial charge in [-0.25, -0.2) is 9.78 Å². The number of hydrogen-bond donors (Lipinski definition) is 1. The largest absolute Gasteiger partial charge is 0.461 e. The van der Waals surface area contributed by atoms with Gasteiger partial charge in [0.15, 0.2) is 0 Å². The van der Waals surface area contributed by atoms with Crippen LogP contribution in [0.1, 0.15) is 31.7 Å². The van der Waals surface area contributed by atoms with Crippen LogP contribution in [0.15, 0.2) is 53.8 Å². The molecule has 1 aromatic heterocycles.